The van der Waals surface area contributed by atoms with Gasteiger partial charge in [0.05, 0.1) is 5.69 Å². The number of pyridine rings is 1. The fraction of sp³-hybridized carbons (Fsp3) is 0.240. The van der Waals surface area contributed by atoms with E-state index < -0.39 is 0 Å². The zero-order chi connectivity index (χ0) is 18.3. The maximum atomic E-state index is 4.80. The molecule has 26 heavy (non-hydrogen) atoms. The Morgan fingerprint density at radius 3 is 2.19 bits per heavy atom. The van der Waals surface area contributed by atoms with Gasteiger partial charge in [0, 0.05) is 17.1 Å². The van der Waals surface area contributed by atoms with E-state index in [1.807, 2.05) is 6.20 Å². The van der Waals surface area contributed by atoms with Gasteiger partial charge in [0.2, 0.25) is 0 Å². The molecule has 3 aromatic carbocycles. The molecule has 0 amide bonds. The number of aromatic nitrogens is 1. The molecule has 0 aliphatic rings. The molecule has 0 fully saturated rings. The standard InChI is InChI=1S/C25H25N/c1-16(2)19-11-12-20-15-26-24(14-21(20)13-19)23-10-6-8-18-7-5-9-22(17(3)4)25(18)23/h5-17H,1-4H3. The predicted molar refractivity (Wildman–Crippen MR) is 113 cm³/mol. The van der Waals surface area contributed by atoms with Crippen LogP contribution < -0.4 is 0 Å². The van der Waals surface area contributed by atoms with Crippen LogP contribution in [0.25, 0.3) is 32.8 Å². The van der Waals surface area contributed by atoms with Gasteiger partial charge in [0.1, 0.15) is 0 Å². The molecule has 0 aliphatic carbocycles. The molecule has 1 heterocycles. The highest BCUT2D eigenvalue weighted by Crippen LogP contribution is 2.34. The van der Waals surface area contributed by atoms with Crippen molar-refractivity contribution < 1.29 is 0 Å². The van der Waals surface area contributed by atoms with Crippen molar-refractivity contribution in [1.29, 1.82) is 0 Å². The van der Waals surface area contributed by atoms with Gasteiger partial charge < -0.3 is 0 Å². The van der Waals surface area contributed by atoms with E-state index in [9.17, 15) is 0 Å². The lowest BCUT2D eigenvalue weighted by Crippen LogP contribution is -1.94. The Labute approximate surface area is 155 Å². The van der Waals surface area contributed by atoms with Gasteiger partial charge in [-0.2, -0.15) is 0 Å². The van der Waals surface area contributed by atoms with Gasteiger partial charge in [-0.05, 0) is 45.2 Å². The van der Waals surface area contributed by atoms with E-state index >= 15 is 0 Å². The second-order valence-corrected chi connectivity index (χ2v) is 7.74. The van der Waals surface area contributed by atoms with Crippen LogP contribution in [0.5, 0.6) is 0 Å². The van der Waals surface area contributed by atoms with Crippen LogP contribution in [0.3, 0.4) is 0 Å². The average Bonchev–Trinajstić information content (AvgIpc) is 2.66. The molecule has 0 aliphatic heterocycles. The van der Waals surface area contributed by atoms with Crippen LogP contribution >= 0.6 is 0 Å². The Bertz CT molecular complexity index is 1080. The first-order chi connectivity index (χ1) is 12.5. The van der Waals surface area contributed by atoms with Crippen LogP contribution in [0.4, 0.5) is 0 Å². The molecule has 1 heteroatoms. The summed E-state index contributed by atoms with van der Waals surface area (Å²) in [6.45, 7) is 8.99. The van der Waals surface area contributed by atoms with Gasteiger partial charge in [-0.1, -0.05) is 82.3 Å². The highest BCUT2D eigenvalue weighted by atomic mass is 14.7. The minimum absolute atomic E-state index is 0.479. The van der Waals surface area contributed by atoms with Crippen LogP contribution in [-0.4, -0.2) is 4.98 Å². The Balaban J connectivity index is 1.98. The van der Waals surface area contributed by atoms with Crippen molar-refractivity contribution in [2.75, 3.05) is 0 Å². The molecule has 0 radical (unpaired) electrons. The minimum Gasteiger partial charge on any atom is -0.256 e. The summed E-state index contributed by atoms with van der Waals surface area (Å²) in [7, 11) is 0. The van der Waals surface area contributed by atoms with Crippen LogP contribution in [0.15, 0.2) is 66.9 Å². The molecule has 0 bridgehead atoms. The van der Waals surface area contributed by atoms with E-state index in [0.717, 1.165) is 5.69 Å². The zero-order valence-corrected chi connectivity index (χ0v) is 16.0. The monoisotopic (exact) mass is 339 g/mol. The van der Waals surface area contributed by atoms with E-state index in [2.05, 4.69) is 88.4 Å². The molecular formula is C25H25N. The van der Waals surface area contributed by atoms with E-state index in [1.54, 1.807) is 0 Å². The second-order valence-electron chi connectivity index (χ2n) is 7.74. The number of rotatable bonds is 3. The molecule has 0 saturated carbocycles. The Hall–Kier alpha value is -2.67. The number of nitrogens with zero attached hydrogens (tertiary/aromatic N) is 1. The highest BCUT2D eigenvalue weighted by Gasteiger charge is 2.12. The summed E-state index contributed by atoms with van der Waals surface area (Å²) in [4.78, 5) is 4.80. The second kappa shape index (κ2) is 6.57. The first-order valence-corrected chi connectivity index (χ1v) is 9.46. The van der Waals surface area contributed by atoms with Gasteiger partial charge in [-0.15, -0.1) is 0 Å². The molecule has 0 N–H and O–H groups in total. The highest BCUT2D eigenvalue weighted by molar-refractivity contribution is 6.00. The Kier molecular flexibility index (Phi) is 4.24. The fourth-order valence-electron chi connectivity index (χ4n) is 3.73. The van der Waals surface area contributed by atoms with Crippen molar-refractivity contribution in [2.45, 2.75) is 39.5 Å². The third-order valence-electron chi connectivity index (χ3n) is 5.25. The number of fused-ring (bicyclic) bond motifs is 2. The molecule has 0 atom stereocenters. The molecule has 0 spiro atoms. The Morgan fingerprint density at radius 2 is 1.46 bits per heavy atom. The lowest BCUT2D eigenvalue weighted by Gasteiger charge is -2.14. The average molecular weight is 339 g/mol. The summed E-state index contributed by atoms with van der Waals surface area (Å²) in [6.07, 6.45) is 2.01. The molecule has 1 aromatic heterocycles. The quantitative estimate of drug-likeness (QED) is 0.381. The lowest BCUT2D eigenvalue weighted by atomic mass is 9.91. The van der Waals surface area contributed by atoms with Crippen molar-refractivity contribution in [3.63, 3.8) is 0 Å². The first kappa shape index (κ1) is 16.8. The number of benzene rings is 3. The van der Waals surface area contributed by atoms with Crippen molar-refractivity contribution >= 4 is 21.5 Å². The van der Waals surface area contributed by atoms with Gasteiger partial charge >= 0.3 is 0 Å². The maximum absolute atomic E-state index is 4.80. The molecule has 0 saturated heterocycles. The van der Waals surface area contributed by atoms with Crippen LogP contribution in [0, 0.1) is 0 Å². The van der Waals surface area contributed by atoms with E-state index in [4.69, 9.17) is 4.98 Å². The SMILES string of the molecule is CC(C)c1ccc2cnc(-c3cccc4cccc(C(C)C)c34)cc2c1. The third-order valence-corrected chi connectivity index (χ3v) is 5.25. The van der Waals surface area contributed by atoms with E-state index in [1.165, 1.54) is 38.2 Å². The van der Waals surface area contributed by atoms with Gasteiger partial charge in [-0.3, -0.25) is 4.98 Å². The Morgan fingerprint density at radius 1 is 0.692 bits per heavy atom. The normalized spacial score (nSPS) is 11.8. The molecule has 4 rings (SSSR count). The zero-order valence-electron chi connectivity index (χ0n) is 16.0. The van der Waals surface area contributed by atoms with Crippen molar-refractivity contribution in [3.05, 3.63) is 78.0 Å². The number of hydrogen-bond donors (Lipinski definition) is 0. The predicted octanol–water partition coefficient (Wildman–Crippen LogP) is 7.30. The molecular weight excluding hydrogens is 314 g/mol. The van der Waals surface area contributed by atoms with Crippen molar-refractivity contribution in [3.8, 4) is 11.3 Å². The van der Waals surface area contributed by atoms with E-state index in [-0.39, 0.29) is 0 Å². The van der Waals surface area contributed by atoms with Gasteiger partial charge in [-0.25, -0.2) is 0 Å². The summed E-state index contributed by atoms with van der Waals surface area (Å²) >= 11 is 0. The molecule has 1 nitrogen and oxygen atoms in total. The molecule has 0 unspecified atom stereocenters. The topological polar surface area (TPSA) is 12.9 Å². The third kappa shape index (κ3) is 2.88. The summed E-state index contributed by atoms with van der Waals surface area (Å²) in [5.41, 5.74) is 5.03. The van der Waals surface area contributed by atoms with Gasteiger partial charge in [0.15, 0.2) is 0 Å². The van der Waals surface area contributed by atoms with Crippen LogP contribution in [0.2, 0.25) is 0 Å². The van der Waals surface area contributed by atoms with Crippen LogP contribution in [0.1, 0.15) is 50.7 Å². The first-order valence-electron chi connectivity index (χ1n) is 9.46. The summed E-state index contributed by atoms with van der Waals surface area (Å²) in [5, 5.41) is 5.08. The summed E-state index contributed by atoms with van der Waals surface area (Å²) in [5.74, 6) is 1.01. The van der Waals surface area contributed by atoms with Gasteiger partial charge in [0.25, 0.3) is 0 Å². The largest absolute Gasteiger partial charge is 0.256 e. The maximum Gasteiger partial charge on any atom is 0.0714 e. The fourth-order valence-corrected chi connectivity index (χ4v) is 3.73. The lowest BCUT2D eigenvalue weighted by molar-refractivity contribution is 0.869. The summed E-state index contributed by atoms with van der Waals surface area (Å²) < 4.78 is 0. The van der Waals surface area contributed by atoms with Crippen molar-refractivity contribution in [1.82, 2.24) is 4.98 Å². The number of hydrogen-bond acceptors (Lipinski definition) is 1. The smallest absolute Gasteiger partial charge is 0.0714 e. The minimum atomic E-state index is 0.479. The molecule has 4 aromatic rings. The van der Waals surface area contributed by atoms with Crippen molar-refractivity contribution in [2.24, 2.45) is 0 Å². The van der Waals surface area contributed by atoms with Crippen LogP contribution in [-0.2, 0) is 0 Å². The molecule has 130 valence electrons. The van der Waals surface area contributed by atoms with E-state index in [0.29, 0.717) is 11.8 Å². The summed E-state index contributed by atoms with van der Waals surface area (Å²) in [6, 6.07) is 22.1.